The summed E-state index contributed by atoms with van der Waals surface area (Å²) < 4.78 is 16.6. The molecular weight excluding hydrogens is 347 g/mol. The zero-order valence-electron chi connectivity index (χ0n) is 11.2. The van der Waals surface area contributed by atoms with Crippen LogP contribution in [-0.2, 0) is 19.0 Å². The fourth-order valence-corrected chi connectivity index (χ4v) is 3.19. The first-order valence-electron chi connectivity index (χ1n) is 6.69. The van der Waals surface area contributed by atoms with Crippen molar-refractivity contribution in [2.24, 2.45) is 5.92 Å². The van der Waals surface area contributed by atoms with Gasteiger partial charge >= 0.3 is 5.97 Å². The van der Waals surface area contributed by atoms with Gasteiger partial charge in [0.1, 0.15) is 0 Å². The summed E-state index contributed by atoms with van der Waals surface area (Å²) in [6.07, 6.45) is 2.83. The van der Waals surface area contributed by atoms with Crippen LogP contribution in [0.25, 0.3) is 0 Å². The van der Waals surface area contributed by atoms with E-state index in [2.05, 4.69) is 29.5 Å². The van der Waals surface area contributed by atoms with Gasteiger partial charge in [-0.1, -0.05) is 29.5 Å². The maximum Gasteiger partial charge on any atom is 0.309 e. The Bertz CT molecular complexity index is 247. The van der Waals surface area contributed by atoms with Gasteiger partial charge in [0.15, 0.2) is 0 Å². The lowest BCUT2D eigenvalue weighted by Gasteiger charge is -2.15. The number of ether oxygens (including phenoxy) is 3. The highest BCUT2D eigenvalue weighted by atomic mass is 127. The van der Waals surface area contributed by atoms with Gasteiger partial charge in [-0.2, -0.15) is 0 Å². The second-order valence-corrected chi connectivity index (χ2v) is 6.06. The van der Waals surface area contributed by atoms with Crippen molar-refractivity contribution in [3.8, 4) is 0 Å². The summed E-state index contributed by atoms with van der Waals surface area (Å²) in [6.45, 7) is 6.42. The average Bonchev–Trinajstić information content (AvgIpc) is 2.71. The fourth-order valence-electron chi connectivity index (χ4n) is 2.08. The third kappa shape index (κ3) is 5.40. The number of carbonyl (C=O) groups is 1. The second-order valence-electron chi connectivity index (χ2n) is 4.46. The maximum absolute atomic E-state index is 11.6. The predicted octanol–water partition coefficient (Wildman–Crippen LogP) is 2.57. The van der Waals surface area contributed by atoms with Crippen LogP contribution in [0.5, 0.6) is 0 Å². The van der Waals surface area contributed by atoms with E-state index in [1.807, 2.05) is 6.92 Å². The largest absolute Gasteiger partial charge is 0.466 e. The Morgan fingerprint density at radius 3 is 2.67 bits per heavy atom. The minimum absolute atomic E-state index is 0.00779. The fraction of sp³-hybridized carbons (Fsp3) is 0.923. The number of hydrogen-bond acceptors (Lipinski definition) is 4. The van der Waals surface area contributed by atoms with Crippen LogP contribution in [0.3, 0.4) is 0 Å². The lowest BCUT2D eigenvalue weighted by Crippen LogP contribution is -2.21. The topological polar surface area (TPSA) is 44.8 Å². The molecule has 0 radical (unpaired) electrons. The van der Waals surface area contributed by atoms with Gasteiger partial charge in [-0.05, 0) is 26.2 Å². The van der Waals surface area contributed by atoms with Crippen LogP contribution in [0.4, 0.5) is 0 Å². The molecule has 0 amide bonds. The van der Waals surface area contributed by atoms with Gasteiger partial charge in [0.25, 0.3) is 0 Å². The molecule has 1 saturated carbocycles. The highest BCUT2D eigenvalue weighted by molar-refractivity contribution is 14.1. The zero-order valence-corrected chi connectivity index (χ0v) is 13.4. The van der Waals surface area contributed by atoms with Gasteiger partial charge in [-0.15, -0.1) is 0 Å². The number of esters is 1. The van der Waals surface area contributed by atoms with E-state index >= 15 is 0 Å². The van der Waals surface area contributed by atoms with Gasteiger partial charge in [0.05, 0.1) is 31.8 Å². The average molecular weight is 370 g/mol. The molecule has 0 aliphatic heterocycles. The molecule has 0 N–H and O–H groups in total. The number of carbonyl (C=O) groups excluding carboxylic acids is 1. The van der Waals surface area contributed by atoms with E-state index in [0.717, 1.165) is 25.9 Å². The van der Waals surface area contributed by atoms with Gasteiger partial charge in [-0.3, -0.25) is 4.79 Å². The molecule has 1 fully saturated rings. The number of halogens is 1. The van der Waals surface area contributed by atoms with Crippen LogP contribution in [0.1, 0.15) is 33.1 Å². The molecule has 106 valence electrons. The Labute approximate surface area is 123 Å². The first-order valence-corrected chi connectivity index (χ1v) is 7.93. The summed E-state index contributed by atoms with van der Waals surface area (Å²) >= 11 is 2.37. The van der Waals surface area contributed by atoms with Crippen LogP contribution in [0.2, 0.25) is 0 Å². The smallest absolute Gasteiger partial charge is 0.309 e. The molecule has 1 aliphatic carbocycles. The van der Waals surface area contributed by atoms with Crippen molar-refractivity contribution < 1.29 is 19.0 Å². The quantitative estimate of drug-likeness (QED) is 0.285. The van der Waals surface area contributed by atoms with Crippen LogP contribution in [-0.4, -0.2) is 42.4 Å². The van der Waals surface area contributed by atoms with Crippen LogP contribution < -0.4 is 0 Å². The molecule has 0 heterocycles. The van der Waals surface area contributed by atoms with E-state index in [0.29, 0.717) is 23.7 Å². The van der Waals surface area contributed by atoms with Gasteiger partial charge in [-0.25, -0.2) is 0 Å². The normalized spacial score (nSPS) is 27.4. The Kier molecular flexibility index (Phi) is 8.17. The van der Waals surface area contributed by atoms with Crippen molar-refractivity contribution in [1.29, 1.82) is 0 Å². The molecule has 0 aromatic carbocycles. The van der Waals surface area contributed by atoms with E-state index < -0.39 is 0 Å². The van der Waals surface area contributed by atoms with Gasteiger partial charge < -0.3 is 14.2 Å². The molecule has 0 saturated heterocycles. The molecule has 1 aliphatic rings. The second kappa shape index (κ2) is 9.09. The third-order valence-corrected chi connectivity index (χ3v) is 4.27. The molecule has 1 rings (SSSR count). The van der Waals surface area contributed by atoms with Crippen molar-refractivity contribution in [2.45, 2.75) is 43.1 Å². The minimum Gasteiger partial charge on any atom is -0.466 e. The molecule has 0 bridgehead atoms. The summed E-state index contributed by atoms with van der Waals surface area (Å²) in [4.78, 5) is 11.6. The lowest BCUT2D eigenvalue weighted by molar-refractivity contribution is -0.148. The summed E-state index contributed by atoms with van der Waals surface area (Å²) in [5.41, 5.74) is 0. The first kappa shape index (κ1) is 16.2. The zero-order chi connectivity index (χ0) is 13.4. The van der Waals surface area contributed by atoms with E-state index in [9.17, 15) is 4.79 Å². The summed E-state index contributed by atoms with van der Waals surface area (Å²) in [7, 11) is 0. The number of rotatable bonds is 8. The Hall–Kier alpha value is 0.120. The number of hydrogen-bond donors (Lipinski definition) is 0. The van der Waals surface area contributed by atoms with Crippen molar-refractivity contribution in [1.82, 2.24) is 0 Å². The van der Waals surface area contributed by atoms with Crippen LogP contribution in [0.15, 0.2) is 0 Å². The SMILES string of the molecule is CCCOCCOC1CC(C(=O)OCC)CC1I. The summed E-state index contributed by atoms with van der Waals surface area (Å²) in [5.74, 6) is -0.0686. The molecule has 5 heteroatoms. The molecule has 4 nitrogen and oxygen atoms in total. The Morgan fingerprint density at radius 2 is 2.00 bits per heavy atom. The molecular formula is C13H23IO4. The summed E-state index contributed by atoms with van der Waals surface area (Å²) in [5, 5.41) is 0. The highest BCUT2D eigenvalue weighted by Crippen LogP contribution is 2.34. The van der Waals surface area contributed by atoms with Crippen LogP contribution >= 0.6 is 22.6 Å². The minimum atomic E-state index is -0.0764. The molecule has 3 unspecified atom stereocenters. The molecule has 3 atom stereocenters. The summed E-state index contributed by atoms with van der Waals surface area (Å²) in [6, 6.07) is 0. The van der Waals surface area contributed by atoms with Crippen molar-refractivity contribution in [3.05, 3.63) is 0 Å². The van der Waals surface area contributed by atoms with Crippen molar-refractivity contribution >= 4 is 28.6 Å². The molecule has 0 aromatic heterocycles. The third-order valence-electron chi connectivity index (χ3n) is 2.96. The van der Waals surface area contributed by atoms with Crippen molar-refractivity contribution in [2.75, 3.05) is 26.4 Å². The highest BCUT2D eigenvalue weighted by Gasteiger charge is 2.37. The Balaban J connectivity index is 2.20. The van der Waals surface area contributed by atoms with Gasteiger partial charge in [0.2, 0.25) is 0 Å². The van der Waals surface area contributed by atoms with Crippen LogP contribution in [0, 0.1) is 5.92 Å². The lowest BCUT2D eigenvalue weighted by atomic mass is 10.1. The molecule has 0 aromatic rings. The Morgan fingerprint density at radius 1 is 1.22 bits per heavy atom. The van der Waals surface area contributed by atoms with E-state index in [4.69, 9.17) is 14.2 Å². The monoisotopic (exact) mass is 370 g/mol. The van der Waals surface area contributed by atoms with E-state index in [1.165, 1.54) is 0 Å². The number of alkyl halides is 1. The molecule has 0 spiro atoms. The standard InChI is InChI=1S/C13H23IO4/c1-3-5-16-6-7-18-12-9-10(8-11(12)14)13(15)17-4-2/h10-12H,3-9H2,1-2H3. The maximum atomic E-state index is 11.6. The van der Waals surface area contributed by atoms with E-state index in [-0.39, 0.29) is 18.0 Å². The first-order chi connectivity index (χ1) is 8.69. The van der Waals surface area contributed by atoms with Crippen molar-refractivity contribution in [3.63, 3.8) is 0 Å². The van der Waals surface area contributed by atoms with Gasteiger partial charge in [0, 0.05) is 10.5 Å². The molecule has 18 heavy (non-hydrogen) atoms. The van der Waals surface area contributed by atoms with E-state index in [1.54, 1.807) is 0 Å². The predicted molar refractivity (Wildman–Crippen MR) is 78.0 cm³/mol.